The number of hydrogen-bond donors (Lipinski definition) is 2. The molecule has 0 rings (SSSR count). The van der Waals surface area contributed by atoms with Crippen LogP contribution in [0.2, 0.25) is 0 Å². The van der Waals surface area contributed by atoms with E-state index in [0.717, 1.165) is 0 Å². The first-order chi connectivity index (χ1) is 8.89. The van der Waals surface area contributed by atoms with Crippen LogP contribution in [0.5, 0.6) is 0 Å². The zero-order chi connectivity index (χ0) is 14.7. The van der Waals surface area contributed by atoms with Gasteiger partial charge in [-0.15, -0.1) is 24.0 Å². The molecule has 0 aromatic heterocycles. The summed E-state index contributed by atoms with van der Waals surface area (Å²) in [5.41, 5.74) is 0. The molecule has 0 aromatic carbocycles. The van der Waals surface area contributed by atoms with Crippen molar-refractivity contribution in [1.29, 1.82) is 0 Å². The van der Waals surface area contributed by atoms with Crippen molar-refractivity contribution >= 4 is 35.9 Å². The van der Waals surface area contributed by atoms with Gasteiger partial charge in [0.25, 0.3) is 0 Å². The summed E-state index contributed by atoms with van der Waals surface area (Å²) in [6, 6.07) is 0. The molecule has 0 saturated carbocycles. The van der Waals surface area contributed by atoms with E-state index in [9.17, 15) is 18.0 Å². The van der Waals surface area contributed by atoms with E-state index in [-0.39, 0.29) is 36.5 Å². The maximum Gasteiger partial charge on any atom is 0.390 e. The Hall–Kier alpha value is -0.740. The smallest absolute Gasteiger partial charge is 0.390 e. The SMILES string of the molecule is CN=C(NCCCCC(=O)OC)NCCC(F)(F)F.I. The minimum Gasteiger partial charge on any atom is -0.469 e. The van der Waals surface area contributed by atoms with E-state index < -0.39 is 12.6 Å². The average molecular weight is 411 g/mol. The highest BCUT2D eigenvalue weighted by atomic mass is 127. The van der Waals surface area contributed by atoms with E-state index in [1.54, 1.807) is 0 Å². The molecule has 0 bridgehead atoms. The fourth-order valence-corrected chi connectivity index (χ4v) is 1.25. The lowest BCUT2D eigenvalue weighted by Crippen LogP contribution is -2.39. The Morgan fingerprint density at radius 3 is 2.30 bits per heavy atom. The summed E-state index contributed by atoms with van der Waals surface area (Å²) >= 11 is 0. The Kier molecular flexibility index (Phi) is 13.0. The number of carbonyl (C=O) groups excluding carboxylic acids is 1. The first-order valence-electron chi connectivity index (χ1n) is 5.97. The van der Waals surface area contributed by atoms with Crippen LogP contribution in [0.3, 0.4) is 0 Å². The number of carbonyl (C=O) groups is 1. The molecule has 0 fully saturated rings. The lowest BCUT2D eigenvalue weighted by Gasteiger charge is -2.12. The van der Waals surface area contributed by atoms with E-state index >= 15 is 0 Å². The third-order valence-corrected chi connectivity index (χ3v) is 2.25. The number of nitrogens with zero attached hydrogens (tertiary/aromatic N) is 1. The Bertz CT molecular complexity index is 299. The van der Waals surface area contributed by atoms with Gasteiger partial charge in [0.05, 0.1) is 13.5 Å². The van der Waals surface area contributed by atoms with Crippen LogP contribution in [-0.2, 0) is 9.53 Å². The molecule has 0 unspecified atom stereocenters. The number of unbranched alkanes of at least 4 members (excludes halogenated alkanes) is 1. The van der Waals surface area contributed by atoms with Crippen molar-refractivity contribution < 1.29 is 22.7 Å². The molecule has 9 heteroatoms. The number of nitrogens with one attached hydrogen (secondary N) is 2. The lowest BCUT2D eigenvalue weighted by atomic mass is 10.2. The molecule has 20 heavy (non-hydrogen) atoms. The van der Waals surface area contributed by atoms with Gasteiger partial charge in [-0.1, -0.05) is 0 Å². The summed E-state index contributed by atoms with van der Waals surface area (Å²) in [5.74, 6) is 0.0509. The van der Waals surface area contributed by atoms with Gasteiger partial charge >= 0.3 is 12.1 Å². The fourth-order valence-electron chi connectivity index (χ4n) is 1.25. The van der Waals surface area contributed by atoms with Crippen LogP contribution in [0.1, 0.15) is 25.7 Å². The second-order valence-electron chi connectivity index (χ2n) is 3.82. The first-order valence-corrected chi connectivity index (χ1v) is 5.97. The summed E-state index contributed by atoms with van der Waals surface area (Å²) < 4.78 is 40.3. The largest absolute Gasteiger partial charge is 0.469 e. The maximum absolute atomic E-state index is 11.9. The Balaban J connectivity index is 0. The summed E-state index contributed by atoms with van der Waals surface area (Å²) in [7, 11) is 2.81. The number of rotatable bonds is 7. The predicted octanol–water partition coefficient (Wildman–Crippen LogP) is 2.07. The van der Waals surface area contributed by atoms with Gasteiger partial charge in [0, 0.05) is 26.6 Å². The monoisotopic (exact) mass is 411 g/mol. The molecule has 0 radical (unpaired) electrons. The standard InChI is InChI=1S/C11H20F3N3O2.HI/c1-15-10(17-8-6-11(12,13)14)16-7-4-3-5-9(18)19-2;/h3-8H2,1-2H3,(H2,15,16,17);1H. The molecule has 0 heterocycles. The summed E-state index contributed by atoms with van der Waals surface area (Å²) in [6.07, 6.45) is -3.39. The quantitative estimate of drug-likeness (QED) is 0.222. The number of methoxy groups -OCH3 is 1. The van der Waals surface area contributed by atoms with Gasteiger partial charge in [0.15, 0.2) is 5.96 Å². The Morgan fingerprint density at radius 1 is 1.20 bits per heavy atom. The molecule has 0 atom stereocenters. The van der Waals surface area contributed by atoms with Crippen LogP contribution in [0.25, 0.3) is 0 Å². The topological polar surface area (TPSA) is 62.7 Å². The maximum atomic E-state index is 11.9. The molecule has 0 aliphatic rings. The van der Waals surface area contributed by atoms with Crippen LogP contribution >= 0.6 is 24.0 Å². The zero-order valence-corrected chi connectivity index (χ0v) is 13.9. The zero-order valence-electron chi connectivity index (χ0n) is 11.5. The van der Waals surface area contributed by atoms with Crippen molar-refractivity contribution in [2.45, 2.75) is 31.9 Å². The molecule has 0 aliphatic carbocycles. The van der Waals surface area contributed by atoms with Crippen LogP contribution < -0.4 is 10.6 Å². The highest BCUT2D eigenvalue weighted by Gasteiger charge is 2.26. The second kappa shape index (κ2) is 12.0. The van der Waals surface area contributed by atoms with E-state index in [2.05, 4.69) is 20.4 Å². The van der Waals surface area contributed by atoms with Crippen LogP contribution in [-0.4, -0.2) is 45.4 Å². The van der Waals surface area contributed by atoms with Crippen LogP contribution in [0, 0.1) is 0 Å². The van der Waals surface area contributed by atoms with E-state index in [4.69, 9.17) is 0 Å². The van der Waals surface area contributed by atoms with Gasteiger partial charge in [-0.2, -0.15) is 13.2 Å². The van der Waals surface area contributed by atoms with Crippen molar-refractivity contribution in [3.05, 3.63) is 0 Å². The molecular formula is C11H21F3IN3O2. The molecule has 2 N–H and O–H groups in total. The van der Waals surface area contributed by atoms with Crippen LogP contribution in [0.15, 0.2) is 4.99 Å². The highest BCUT2D eigenvalue weighted by Crippen LogP contribution is 2.17. The van der Waals surface area contributed by atoms with Crippen molar-refractivity contribution in [3.63, 3.8) is 0 Å². The average Bonchev–Trinajstić information content (AvgIpc) is 2.34. The van der Waals surface area contributed by atoms with E-state index in [1.807, 2.05) is 0 Å². The van der Waals surface area contributed by atoms with Gasteiger partial charge < -0.3 is 15.4 Å². The molecular weight excluding hydrogens is 390 g/mol. The number of guanidine groups is 1. The Labute approximate surface area is 133 Å². The summed E-state index contributed by atoms with van der Waals surface area (Å²) in [5, 5.41) is 5.43. The minimum absolute atomic E-state index is 0. The lowest BCUT2D eigenvalue weighted by molar-refractivity contribution is -0.140. The molecule has 0 spiro atoms. The molecule has 0 saturated heterocycles. The third kappa shape index (κ3) is 13.7. The number of halogens is 4. The number of ether oxygens (including phenoxy) is 1. The van der Waals surface area contributed by atoms with Gasteiger partial charge in [0.2, 0.25) is 0 Å². The summed E-state index contributed by atoms with van der Waals surface area (Å²) in [6.45, 7) is 0.314. The normalized spacial score (nSPS) is 11.6. The van der Waals surface area contributed by atoms with Crippen molar-refractivity contribution in [3.8, 4) is 0 Å². The number of alkyl halides is 3. The predicted molar refractivity (Wildman–Crippen MR) is 81.3 cm³/mol. The first kappa shape index (κ1) is 21.6. The van der Waals surface area contributed by atoms with Gasteiger partial charge in [-0.05, 0) is 12.8 Å². The summed E-state index contributed by atoms with van der Waals surface area (Å²) in [4.78, 5) is 14.6. The van der Waals surface area contributed by atoms with Crippen molar-refractivity contribution in [1.82, 2.24) is 10.6 Å². The molecule has 0 aliphatic heterocycles. The molecule has 120 valence electrons. The van der Waals surface area contributed by atoms with E-state index in [0.29, 0.717) is 31.8 Å². The number of hydrogen-bond acceptors (Lipinski definition) is 3. The van der Waals surface area contributed by atoms with Crippen LogP contribution in [0.4, 0.5) is 13.2 Å². The van der Waals surface area contributed by atoms with Crippen molar-refractivity contribution in [2.24, 2.45) is 4.99 Å². The highest BCUT2D eigenvalue weighted by molar-refractivity contribution is 14.0. The Morgan fingerprint density at radius 2 is 1.80 bits per heavy atom. The molecule has 5 nitrogen and oxygen atoms in total. The number of aliphatic imine (C=N–C) groups is 1. The van der Waals surface area contributed by atoms with Gasteiger partial charge in [0.1, 0.15) is 0 Å². The van der Waals surface area contributed by atoms with E-state index in [1.165, 1.54) is 14.2 Å². The molecule has 0 aromatic rings. The molecule has 0 amide bonds. The fraction of sp³-hybridized carbons (Fsp3) is 0.818. The number of esters is 1. The van der Waals surface area contributed by atoms with Crippen molar-refractivity contribution in [2.75, 3.05) is 27.2 Å². The van der Waals surface area contributed by atoms with Gasteiger partial charge in [-0.3, -0.25) is 9.79 Å². The third-order valence-electron chi connectivity index (χ3n) is 2.25. The minimum atomic E-state index is -4.17. The second-order valence-corrected chi connectivity index (χ2v) is 3.82. The van der Waals surface area contributed by atoms with Gasteiger partial charge in [-0.25, -0.2) is 0 Å².